The summed E-state index contributed by atoms with van der Waals surface area (Å²) in [5.41, 5.74) is 9.25. The van der Waals surface area contributed by atoms with Crippen LogP contribution in [-0.4, -0.2) is 48.2 Å². The van der Waals surface area contributed by atoms with E-state index in [1.54, 1.807) is 0 Å². The quantitative estimate of drug-likeness (QED) is 0.572. The predicted molar refractivity (Wildman–Crippen MR) is 117 cm³/mol. The van der Waals surface area contributed by atoms with Gasteiger partial charge in [0.25, 0.3) is 0 Å². The van der Waals surface area contributed by atoms with Crippen LogP contribution in [0, 0.1) is 6.92 Å². The van der Waals surface area contributed by atoms with Gasteiger partial charge in [-0.3, -0.25) is 0 Å². The minimum atomic E-state index is 0.325. The van der Waals surface area contributed by atoms with Crippen LogP contribution in [-0.2, 0) is 6.42 Å². The minimum absolute atomic E-state index is 0.325. The standard InChI is InChI=1S/C22H35N5O/c1-6-10-16(2)24-22-25-17(3)19(21(23)26-22)15-18-11-7-8-12-20(18)28-14-9-13-27(4)5/h7-8,11-12,16H,6,9-10,13-15H2,1-5H3,(H3,23,24,25,26). The first kappa shape index (κ1) is 22.0. The van der Waals surface area contributed by atoms with Crippen LogP contribution in [0.3, 0.4) is 0 Å². The molecule has 0 bridgehead atoms. The maximum atomic E-state index is 6.29. The lowest BCUT2D eigenvalue weighted by Crippen LogP contribution is -2.18. The number of anilines is 2. The van der Waals surface area contributed by atoms with Gasteiger partial charge < -0.3 is 20.7 Å². The highest BCUT2D eigenvalue weighted by atomic mass is 16.5. The zero-order chi connectivity index (χ0) is 20.5. The molecule has 0 aliphatic carbocycles. The molecular formula is C22H35N5O. The van der Waals surface area contributed by atoms with Gasteiger partial charge in [-0.2, -0.15) is 4.98 Å². The van der Waals surface area contributed by atoms with Crippen LogP contribution in [0.5, 0.6) is 5.75 Å². The van der Waals surface area contributed by atoms with E-state index in [0.717, 1.165) is 48.4 Å². The largest absolute Gasteiger partial charge is 0.493 e. The molecule has 28 heavy (non-hydrogen) atoms. The topological polar surface area (TPSA) is 76.3 Å². The minimum Gasteiger partial charge on any atom is -0.493 e. The summed E-state index contributed by atoms with van der Waals surface area (Å²) < 4.78 is 6.02. The zero-order valence-corrected chi connectivity index (χ0v) is 18.0. The summed E-state index contributed by atoms with van der Waals surface area (Å²) in [7, 11) is 4.14. The van der Waals surface area contributed by atoms with Crippen LogP contribution < -0.4 is 15.8 Å². The summed E-state index contributed by atoms with van der Waals surface area (Å²) in [6, 6.07) is 8.44. The molecule has 0 radical (unpaired) electrons. The van der Waals surface area contributed by atoms with Crippen molar-refractivity contribution in [2.45, 2.75) is 52.5 Å². The SMILES string of the molecule is CCCC(C)Nc1nc(C)c(Cc2ccccc2OCCCN(C)C)c(N)n1. The van der Waals surface area contributed by atoms with Crippen molar-refractivity contribution in [3.8, 4) is 5.75 Å². The molecular weight excluding hydrogens is 350 g/mol. The highest BCUT2D eigenvalue weighted by Gasteiger charge is 2.14. The van der Waals surface area contributed by atoms with Crippen LogP contribution in [0.1, 0.15) is 49.9 Å². The number of hydrogen-bond acceptors (Lipinski definition) is 6. The number of para-hydroxylation sites is 1. The number of rotatable bonds is 11. The van der Waals surface area contributed by atoms with E-state index in [-0.39, 0.29) is 0 Å². The molecule has 1 aromatic heterocycles. The first-order valence-electron chi connectivity index (χ1n) is 10.2. The van der Waals surface area contributed by atoms with Gasteiger partial charge in [-0.15, -0.1) is 0 Å². The Morgan fingerprint density at radius 3 is 2.64 bits per heavy atom. The first-order valence-corrected chi connectivity index (χ1v) is 10.2. The van der Waals surface area contributed by atoms with Crippen LogP contribution in [0.15, 0.2) is 24.3 Å². The van der Waals surface area contributed by atoms with Crippen molar-refractivity contribution in [2.75, 3.05) is 38.3 Å². The van der Waals surface area contributed by atoms with Crippen LogP contribution in [0.2, 0.25) is 0 Å². The Labute approximate surface area is 169 Å². The molecule has 1 heterocycles. The summed E-state index contributed by atoms with van der Waals surface area (Å²) in [5.74, 6) is 2.04. The van der Waals surface area contributed by atoms with E-state index in [1.165, 1.54) is 0 Å². The third kappa shape index (κ3) is 6.68. The molecule has 0 aliphatic rings. The lowest BCUT2D eigenvalue weighted by Gasteiger charge is -2.17. The van der Waals surface area contributed by atoms with E-state index < -0.39 is 0 Å². The molecule has 0 fully saturated rings. The Hall–Kier alpha value is -2.34. The van der Waals surface area contributed by atoms with Gasteiger partial charge in [-0.05, 0) is 52.4 Å². The third-order valence-electron chi connectivity index (χ3n) is 4.69. The number of nitrogens with two attached hydrogens (primary N) is 1. The molecule has 6 heteroatoms. The molecule has 154 valence electrons. The Bertz CT molecular complexity index is 724. The monoisotopic (exact) mass is 385 g/mol. The summed E-state index contributed by atoms with van der Waals surface area (Å²) in [5, 5.41) is 3.34. The van der Waals surface area contributed by atoms with E-state index in [4.69, 9.17) is 10.5 Å². The number of benzene rings is 1. The number of aromatic nitrogens is 2. The molecule has 6 nitrogen and oxygen atoms in total. The second-order valence-corrected chi connectivity index (χ2v) is 7.62. The molecule has 1 aromatic carbocycles. The average molecular weight is 386 g/mol. The van der Waals surface area contributed by atoms with E-state index in [9.17, 15) is 0 Å². The van der Waals surface area contributed by atoms with Gasteiger partial charge in [0.05, 0.1) is 6.61 Å². The molecule has 0 amide bonds. The van der Waals surface area contributed by atoms with Crippen molar-refractivity contribution in [2.24, 2.45) is 0 Å². The number of nitrogens with zero attached hydrogens (tertiary/aromatic N) is 3. The second-order valence-electron chi connectivity index (χ2n) is 7.62. The first-order chi connectivity index (χ1) is 13.4. The van der Waals surface area contributed by atoms with E-state index >= 15 is 0 Å². The maximum Gasteiger partial charge on any atom is 0.225 e. The van der Waals surface area contributed by atoms with Crippen LogP contribution in [0.25, 0.3) is 0 Å². The molecule has 1 unspecified atom stereocenters. The number of hydrogen-bond donors (Lipinski definition) is 2. The van der Waals surface area contributed by atoms with Crippen molar-refractivity contribution in [3.63, 3.8) is 0 Å². The zero-order valence-electron chi connectivity index (χ0n) is 18.0. The maximum absolute atomic E-state index is 6.29. The van der Waals surface area contributed by atoms with Gasteiger partial charge >= 0.3 is 0 Å². The fourth-order valence-corrected chi connectivity index (χ4v) is 3.17. The fourth-order valence-electron chi connectivity index (χ4n) is 3.17. The second kappa shape index (κ2) is 10.9. The Morgan fingerprint density at radius 2 is 1.96 bits per heavy atom. The smallest absolute Gasteiger partial charge is 0.225 e. The van der Waals surface area contributed by atoms with Crippen molar-refractivity contribution in [1.29, 1.82) is 0 Å². The van der Waals surface area contributed by atoms with Crippen LogP contribution in [0.4, 0.5) is 11.8 Å². The molecule has 0 saturated carbocycles. The highest BCUT2D eigenvalue weighted by molar-refractivity contribution is 5.50. The Kier molecular flexibility index (Phi) is 8.51. The van der Waals surface area contributed by atoms with E-state index in [0.29, 0.717) is 30.8 Å². The van der Waals surface area contributed by atoms with Crippen molar-refractivity contribution in [3.05, 3.63) is 41.1 Å². The third-order valence-corrected chi connectivity index (χ3v) is 4.69. The van der Waals surface area contributed by atoms with Gasteiger partial charge in [0.15, 0.2) is 0 Å². The summed E-state index contributed by atoms with van der Waals surface area (Å²) in [6.45, 7) is 7.99. The number of nitrogen functional groups attached to an aromatic ring is 1. The highest BCUT2D eigenvalue weighted by Crippen LogP contribution is 2.26. The lowest BCUT2D eigenvalue weighted by molar-refractivity contribution is 0.280. The molecule has 1 atom stereocenters. The Balaban J connectivity index is 2.10. The molecule has 2 aromatic rings. The number of nitrogens with one attached hydrogen (secondary N) is 1. The van der Waals surface area contributed by atoms with Crippen LogP contribution >= 0.6 is 0 Å². The fraction of sp³-hybridized carbons (Fsp3) is 0.545. The van der Waals surface area contributed by atoms with Gasteiger partial charge in [0.2, 0.25) is 5.95 Å². The van der Waals surface area contributed by atoms with Gasteiger partial charge in [0, 0.05) is 30.3 Å². The van der Waals surface area contributed by atoms with Gasteiger partial charge in [-0.1, -0.05) is 31.5 Å². The van der Waals surface area contributed by atoms with E-state index in [2.05, 4.69) is 54.2 Å². The summed E-state index contributed by atoms with van der Waals surface area (Å²) >= 11 is 0. The van der Waals surface area contributed by atoms with Crippen molar-refractivity contribution < 1.29 is 4.74 Å². The van der Waals surface area contributed by atoms with Gasteiger partial charge in [-0.25, -0.2) is 4.98 Å². The predicted octanol–water partition coefficient (Wildman–Crippen LogP) is 3.89. The molecule has 3 N–H and O–H groups in total. The number of aryl methyl sites for hydroxylation is 1. The average Bonchev–Trinajstić information content (AvgIpc) is 2.63. The normalized spacial score (nSPS) is 12.2. The van der Waals surface area contributed by atoms with Crippen molar-refractivity contribution in [1.82, 2.24) is 14.9 Å². The summed E-state index contributed by atoms with van der Waals surface area (Å²) in [4.78, 5) is 11.3. The van der Waals surface area contributed by atoms with E-state index in [1.807, 2.05) is 25.1 Å². The Morgan fingerprint density at radius 1 is 1.21 bits per heavy atom. The molecule has 0 spiro atoms. The van der Waals surface area contributed by atoms with Crippen molar-refractivity contribution >= 4 is 11.8 Å². The van der Waals surface area contributed by atoms with Gasteiger partial charge in [0.1, 0.15) is 11.6 Å². The molecule has 0 aliphatic heterocycles. The number of ether oxygens (including phenoxy) is 1. The molecule has 2 rings (SSSR count). The lowest BCUT2D eigenvalue weighted by atomic mass is 10.0. The summed E-state index contributed by atoms with van der Waals surface area (Å²) in [6.07, 6.45) is 3.84. The molecule has 0 saturated heterocycles.